The van der Waals surface area contributed by atoms with Gasteiger partial charge in [0, 0.05) is 6.07 Å². The molecule has 0 radical (unpaired) electrons. The zero-order valence-electron chi connectivity index (χ0n) is 13.6. The minimum absolute atomic E-state index is 0.160. The highest BCUT2D eigenvalue weighted by Gasteiger charge is 2.12. The molecule has 0 aliphatic rings. The molecule has 5 heteroatoms. The SMILES string of the molecule is CCC(NC(=S)Nc1cc(OC)ccc1OC)c1ccccc1. The van der Waals surface area contributed by atoms with Gasteiger partial charge in [-0.25, -0.2) is 0 Å². The predicted molar refractivity (Wildman–Crippen MR) is 98.4 cm³/mol. The van der Waals surface area contributed by atoms with E-state index in [-0.39, 0.29) is 6.04 Å². The third-order valence-electron chi connectivity index (χ3n) is 3.57. The monoisotopic (exact) mass is 330 g/mol. The number of hydrogen-bond donors (Lipinski definition) is 2. The van der Waals surface area contributed by atoms with Gasteiger partial charge in [0.05, 0.1) is 25.9 Å². The van der Waals surface area contributed by atoms with Crippen LogP contribution < -0.4 is 20.1 Å². The molecular formula is C18H22N2O2S. The molecule has 1 unspecified atom stereocenters. The molecule has 4 nitrogen and oxygen atoms in total. The van der Waals surface area contributed by atoms with Crippen molar-refractivity contribution in [2.45, 2.75) is 19.4 Å². The molecule has 0 amide bonds. The Morgan fingerprint density at radius 2 is 1.83 bits per heavy atom. The van der Waals surface area contributed by atoms with Gasteiger partial charge in [-0.1, -0.05) is 37.3 Å². The van der Waals surface area contributed by atoms with E-state index < -0.39 is 0 Å². The Labute approximate surface area is 142 Å². The molecule has 122 valence electrons. The van der Waals surface area contributed by atoms with Gasteiger partial charge < -0.3 is 20.1 Å². The van der Waals surface area contributed by atoms with E-state index in [4.69, 9.17) is 21.7 Å². The number of rotatable bonds is 6. The third kappa shape index (κ3) is 4.60. The summed E-state index contributed by atoms with van der Waals surface area (Å²) in [6, 6.07) is 16.0. The summed E-state index contributed by atoms with van der Waals surface area (Å²) in [6.07, 6.45) is 0.932. The summed E-state index contributed by atoms with van der Waals surface area (Å²) in [5.74, 6) is 1.45. The van der Waals surface area contributed by atoms with Crippen LogP contribution >= 0.6 is 12.2 Å². The minimum atomic E-state index is 0.160. The van der Waals surface area contributed by atoms with Gasteiger partial charge in [-0.3, -0.25) is 0 Å². The second-order valence-electron chi connectivity index (χ2n) is 5.04. The summed E-state index contributed by atoms with van der Waals surface area (Å²) in [7, 11) is 3.26. The maximum absolute atomic E-state index is 5.45. The van der Waals surface area contributed by atoms with Gasteiger partial charge in [-0.2, -0.15) is 0 Å². The Bertz CT molecular complexity index is 647. The van der Waals surface area contributed by atoms with E-state index in [2.05, 4.69) is 29.7 Å². The van der Waals surface area contributed by atoms with Crippen LogP contribution in [0.25, 0.3) is 0 Å². The summed E-state index contributed by atoms with van der Waals surface area (Å²) in [6.45, 7) is 2.12. The molecule has 23 heavy (non-hydrogen) atoms. The van der Waals surface area contributed by atoms with Gasteiger partial charge in [0.15, 0.2) is 5.11 Å². The lowest BCUT2D eigenvalue weighted by molar-refractivity contribution is 0.405. The van der Waals surface area contributed by atoms with Gasteiger partial charge in [-0.05, 0) is 36.3 Å². The quantitative estimate of drug-likeness (QED) is 0.779. The topological polar surface area (TPSA) is 42.5 Å². The number of benzene rings is 2. The van der Waals surface area contributed by atoms with Crippen molar-refractivity contribution in [3.63, 3.8) is 0 Å². The molecule has 0 aliphatic carbocycles. The number of thiocarbonyl (C=S) groups is 1. The number of nitrogens with one attached hydrogen (secondary N) is 2. The summed E-state index contributed by atoms with van der Waals surface area (Å²) in [4.78, 5) is 0. The van der Waals surface area contributed by atoms with Crippen LogP contribution in [0.3, 0.4) is 0 Å². The van der Waals surface area contributed by atoms with Crippen molar-refractivity contribution in [3.05, 3.63) is 54.1 Å². The lowest BCUT2D eigenvalue weighted by Gasteiger charge is -2.21. The van der Waals surface area contributed by atoms with Crippen molar-refractivity contribution < 1.29 is 9.47 Å². The molecular weight excluding hydrogens is 308 g/mol. The van der Waals surface area contributed by atoms with Crippen LogP contribution in [0.15, 0.2) is 48.5 Å². The molecule has 0 heterocycles. The van der Waals surface area contributed by atoms with Crippen molar-refractivity contribution in [2.75, 3.05) is 19.5 Å². The summed E-state index contributed by atoms with van der Waals surface area (Å²) < 4.78 is 10.6. The van der Waals surface area contributed by atoms with Crippen molar-refractivity contribution >= 4 is 23.0 Å². The number of anilines is 1. The van der Waals surface area contributed by atoms with Crippen molar-refractivity contribution in [1.82, 2.24) is 5.32 Å². The lowest BCUT2D eigenvalue weighted by Crippen LogP contribution is -2.32. The lowest BCUT2D eigenvalue weighted by atomic mass is 10.1. The van der Waals surface area contributed by atoms with E-state index in [1.807, 2.05) is 36.4 Å². The second kappa shape index (κ2) is 8.39. The zero-order chi connectivity index (χ0) is 16.7. The fraction of sp³-hybridized carbons (Fsp3) is 0.278. The smallest absolute Gasteiger partial charge is 0.171 e. The molecule has 0 saturated carbocycles. The van der Waals surface area contributed by atoms with E-state index >= 15 is 0 Å². The molecule has 0 bridgehead atoms. The minimum Gasteiger partial charge on any atom is -0.497 e. The molecule has 2 N–H and O–H groups in total. The van der Waals surface area contributed by atoms with Crippen LogP contribution in [0.2, 0.25) is 0 Å². The van der Waals surface area contributed by atoms with E-state index in [0.717, 1.165) is 17.9 Å². The van der Waals surface area contributed by atoms with Gasteiger partial charge >= 0.3 is 0 Å². The van der Waals surface area contributed by atoms with Crippen LogP contribution in [0.5, 0.6) is 11.5 Å². The van der Waals surface area contributed by atoms with Gasteiger partial charge in [0.25, 0.3) is 0 Å². The number of hydrogen-bond acceptors (Lipinski definition) is 3. The molecule has 1 atom stereocenters. The fourth-order valence-corrected chi connectivity index (χ4v) is 2.59. The number of ether oxygens (including phenoxy) is 2. The molecule has 0 saturated heterocycles. The first-order valence-electron chi connectivity index (χ1n) is 7.52. The largest absolute Gasteiger partial charge is 0.497 e. The number of methoxy groups -OCH3 is 2. The second-order valence-corrected chi connectivity index (χ2v) is 5.44. The zero-order valence-corrected chi connectivity index (χ0v) is 14.4. The summed E-state index contributed by atoms with van der Waals surface area (Å²) >= 11 is 5.45. The summed E-state index contributed by atoms with van der Waals surface area (Å²) in [5, 5.41) is 7.08. The Hall–Kier alpha value is -2.27. The average molecular weight is 330 g/mol. The van der Waals surface area contributed by atoms with Gasteiger partial charge in [0.2, 0.25) is 0 Å². The Balaban J connectivity index is 2.09. The molecule has 2 aromatic carbocycles. The molecule has 0 aromatic heterocycles. The van der Waals surface area contributed by atoms with Crippen LogP contribution in [0.4, 0.5) is 5.69 Å². The standard InChI is InChI=1S/C18H22N2O2S/c1-4-15(13-8-6-5-7-9-13)19-18(23)20-16-12-14(21-2)10-11-17(16)22-3/h5-12,15H,4H2,1-3H3,(H2,19,20,23). The molecule has 0 spiro atoms. The first-order valence-corrected chi connectivity index (χ1v) is 7.93. The van der Waals surface area contributed by atoms with Crippen molar-refractivity contribution in [1.29, 1.82) is 0 Å². The Morgan fingerprint density at radius 3 is 2.43 bits per heavy atom. The normalized spacial score (nSPS) is 11.4. The highest BCUT2D eigenvalue weighted by atomic mass is 32.1. The predicted octanol–water partition coefficient (Wildman–Crippen LogP) is 4.14. The highest BCUT2D eigenvalue weighted by Crippen LogP contribution is 2.29. The van der Waals surface area contributed by atoms with E-state index in [9.17, 15) is 0 Å². The first kappa shape index (κ1) is 17.1. The van der Waals surface area contributed by atoms with Gasteiger partial charge in [0.1, 0.15) is 11.5 Å². The molecule has 0 aliphatic heterocycles. The molecule has 0 fully saturated rings. The maximum atomic E-state index is 5.45. The van der Waals surface area contributed by atoms with Gasteiger partial charge in [-0.15, -0.1) is 0 Å². The Morgan fingerprint density at radius 1 is 1.09 bits per heavy atom. The highest BCUT2D eigenvalue weighted by molar-refractivity contribution is 7.80. The fourth-order valence-electron chi connectivity index (χ4n) is 2.33. The van der Waals surface area contributed by atoms with E-state index in [1.54, 1.807) is 14.2 Å². The van der Waals surface area contributed by atoms with Crippen LogP contribution in [-0.2, 0) is 0 Å². The maximum Gasteiger partial charge on any atom is 0.171 e. The summed E-state index contributed by atoms with van der Waals surface area (Å²) in [5.41, 5.74) is 1.98. The van der Waals surface area contributed by atoms with Crippen molar-refractivity contribution in [2.24, 2.45) is 0 Å². The van der Waals surface area contributed by atoms with E-state index in [0.29, 0.717) is 10.9 Å². The van der Waals surface area contributed by atoms with Crippen LogP contribution in [0.1, 0.15) is 24.9 Å². The van der Waals surface area contributed by atoms with Crippen molar-refractivity contribution in [3.8, 4) is 11.5 Å². The molecule has 2 rings (SSSR count). The Kier molecular flexibility index (Phi) is 6.23. The molecule has 2 aromatic rings. The average Bonchev–Trinajstić information content (AvgIpc) is 2.60. The van der Waals surface area contributed by atoms with Crippen LogP contribution in [-0.4, -0.2) is 19.3 Å². The third-order valence-corrected chi connectivity index (χ3v) is 3.79. The van der Waals surface area contributed by atoms with Crippen LogP contribution in [0, 0.1) is 0 Å². The first-order chi connectivity index (χ1) is 11.2. The van der Waals surface area contributed by atoms with E-state index in [1.165, 1.54) is 5.56 Å².